The van der Waals surface area contributed by atoms with Crippen LogP contribution in [0.25, 0.3) is 0 Å². The Morgan fingerprint density at radius 1 is 1.43 bits per heavy atom. The molecule has 0 atom stereocenters. The van der Waals surface area contributed by atoms with E-state index in [1.165, 1.54) is 0 Å². The first-order chi connectivity index (χ1) is 6.75. The lowest BCUT2D eigenvalue weighted by atomic mass is 10.1. The smallest absolute Gasteiger partial charge is 0.339 e. The van der Waals surface area contributed by atoms with E-state index < -0.39 is 0 Å². The Morgan fingerprint density at radius 2 is 2.14 bits per heavy atom. The van der Waals surface area contributed by atoms with Crippen LogP contribution in [0.5, 0.6) is 0 Å². The average molecular weight is 188 g/mol. The molecule has 0 heterocycles. The molecule has 0 aliphatic heterocycles. The Labute approximate surface area is 83.9 Å². The van der Waals surface area contributed by atoms with Crippen LogP contribution in [-0.2, 0) is 4.74 Å². The minimum atomic E-state index is -0.314. The van der Waals surface area contributed by atoms with Crippen LogP contribution in [0.15, 0.2) is 24.3 Å². The minimum Gasteiger partial charge on any atom is -0.449 e. The predicted octanol–water partition coefficient (Wildman–Crippen LogP) is 2.18. The van der Waals surface area contributed by atoms with Gasteiger partial charge in [0.1, 0.15) is 0 Å². The number of hydrogen-bond donors (Lipinski definition) is 0. The lowest BCUT2D eigenvalue weighted by molar-refractivity contribution is 0.0556. The molecule has 0 N–H and O–H groups in total. The molecule has 2 heteroatoms. The summed E-state index contributed by atoms with van der Waals surface area (Å²) in [6.45, 7) is 3.74. The first-order valence-corrected chi connectivity index (χ1v) is 4.38. The van der Waals surface area contributed by atoms with Crippen LogP contribution in [0.3, 0.4) is 0 Å². The summed E-state index contributed by atoms with van der Waals surface area (Å²) in [6.07, 6.45) is 0. The van der Waals surface area contributed by atoms with E-state index in [0.29, 0.717) is 5.56 Å². The molecule has 72 valence electrons. The second-order valence-corrected chi connectivity index (χ2v) is 2.82. The van der Waals surface area contributed by atoms with Gasteiger partial charge in [0.2, 0.25) is 0 Å². The molecule has 0 unspecified atom stereocenters. The zero-order valence-corrected chi connectivity index (χ0v) is 8.33. The lowest BCUT2D eigenvalue weighted by Crippen LogP contribution is -2.06. The van der Waals surface area contributed by atoms with E-state index in [1.807, 2.05) is 25.1 Å². The molecule has 0 amide bonds. The Kier molecular flexibility index (Phi) is 3.75. The summed E-state index contributed by atoms with van der Waals surface area (Å²) in [6, 6.07) is 7.33. The number of benzene rings is 1. The van der Waals surface area contributed by atoms with E-state index in [2.05, 4.69) is 11.8 Å². The van der Waals surface area contributed by atoms with Gasteiger partial charge in [0.05, 0.1) is 5.56 Å². The Balaban J connectivity index is 2.68. The minimum absolute atomic E-state index is 0.156. The SMILES string of the molecule is CC#CCOC(=O)c1ccccc1C. The van der Waals surface area contributed by atoms with Gasteiger partial charge < -0.3 is 4.74 Å². The molecule has 0 aliphatic rings. The van der Waals surface area contributed by atoms with Crippen LogP contribution in [0, 0.1) is 18.8 Å². The van der Waals surface area contributed by atoms with E-state index in [0.717, 1.165) is 5.56 Å². The molecule has 1 aromatic rings. The molecule has 0 bridgehead atoms. The fourth-order valence-electron chi connectivity index (χ4n) is 1.05. The summed E-state index contributed by atoms with van der Waals surface area (Å²) in [5.41, 5.74) is 1.52. The van der Waals surface area contributed by atoms with Gasteiger partial charge >= 0.3 is 5.97 Å². The van der Waals surface area contributed by atoms with E-state index in [1.54, 1.807) is 13.0 Å². The van der Waals surface area contributed by atoms with Crippen LogP contribution >= 0.6 is 0 Å². The highest BCUT2D eigenvalue weighted by Gasteiger charge is 2.07. The van der Waals surface area contributed by atoms with Crippen molar-refractivity contribution in [2.24, 2.45) is 0 Å². The number of ether oxygens (including phenoxy) is 1. The van der Waals surface area contributed by atoms with E-state index in [9.17, 15) is 4.79 Å². The van der Waals surface area contributed by atoms with Crippen LogP contribution in [0.1, 0.15) is 22.8 Å². The van der Waals surface area contributed by atoms with Gasteiger partial charge in [-0.3, -0.25) is 0 Å². The number of esters is 1. The summed E-state index contributed by atoms with van der Waals surface area (Å²) < 4.78 is 4.94. The zero-order valence-electron chi connectivity index (χ0n) is 8.33. The maximum Gasteiger partial charge on any atom is 0.339 e. The summed E-state index contributed by atoms with van der Waals surface area (Å²) in [4.78, 5) is 11.5. The zero-order chi connectivity index (χ0) is 10.4. The molecular formula is C12H12O2. The highest BCUT2D eigenvalue weighted by Crippen LogP contribution is 2.07. The molecule has 1 rings (SSSR count). The van der Waals surface area contributed by atoms with E-state index >= 15 is 0 Å². The third-order valence-corrected chi connectivity index (χ3v) is 1.82. The van der Waals surface area contributed by atoms with Crippen molar-refractivity contribution in [1.82, 2.24) is 0 Å². The number of hydrogen-bond acceptors (Lipinski definition) is 2. The Hall–Kier alpha value is -1.75. The van der Waals surface area contributed by atoms with Gasteiger partial charge in [-0.25, -0.2) is 4.79 Å². The van der Waals surface area contributed by atoms with Crippen molar-refractivity contribution in [3.63, 3.8) is 0 Å². The van der Waals surface area contributed by atoms with Crippen molar-refractivity contribution in [3.8, 4) is 11.8 Å². The maximum atomic E-state index is 11.5. The monoisotopic (exact) mass is 188 g/mol. The summed E-state index contributed by atoms with van der Waals surface area (Å²) in [7, 11) is 0. The van der Waals surface area contributed by atoms with Crippen LogP contribution in [0.4, 0.5) is 0 Å². The van der Waals surface area contributed by atoms with Crippen molar-refractivity contribution in [3.05, 3.63) is 35.4 Å². The summed E-state index contributed by atoms with van der Waals surface area (Å²) in [5.74, 6) is 5.02. The largest absolute Gasteiger partial charge is 0.449 e. The number of carbonyl (C=O) groups is 1. The normalized spacial score (nSPS) is 8.71. The highest BCUT2D eigenvalue weighted by molar-refractivity contribution is 5.91. The van der Waals surface area contributed by atoms with Crippen molar-refractivity contribution < 1.29 is 9.53 Å². The summed E-state index contributed by atoms with van der Waals surface area (Å²) >= 11 is 0. The van der Waals surface area contributed by atoms with Gasteiger partial charge in [-0.15, -0.1) is 5.92 Å². The molecule has 0 saturated heterocycles. The fraction of sp³-hybridized carbons (Fsp3) is 0.250. The van der Waals surface area contributed by atoms with Crippen LogP contribution < -0.4 is 0 Å². The molecule has 0 fully saturated rings. The van der Waals surface area contributed by atoms with Crippen molar-refractivity contribution in [2.45, 2.75) is 13.8 Å². The topological polar surface area (TPSA) is 26.3 Å². The van der Waals surface area contributed by atoms with Gasteiger partial charge in [-0.2, -0.15) is 0 Å². The van der Waals surface area contributed by atoms with Crippen LogP contribution in [-0.4, -0.2) is 12.6 Å². The van der Waals surface area contributed by atoms with Gasteiger partial charge in [0, 0.05) is 0 Å². The lowest BCUT2D eigenvalue weighted by Gasteiger charge is -2.03. The van der Waals surface area contributed by atoms with Crippen molar-refractivity contribution in [2.75, 3.05) is 6.61 Å². The summed E-state index contributed by atoms with van der Waals surface area (Å²) in [5, 5.41) is 0. The van der Waals surface area contributed by atoms with Gasteiger partial charge in [-0.1, -0.05) is 24.1 Å². The molecule has 1 aromatic carbocycles. The molecule has 14 heavy (non-hydrogen) atoms. The highest BCUT2D eigenvalue weighted by atomic mass is 16.5. The number of carbonyl (C=O) groups excluding carboxylic acids is 1. The average Bonchev–Trinajstić information content (AvgIpc) is 2.18. The Bertz CT molecular complexity index is 383. The molecule has 2 nitrogen and oxygen atoms in total. The van der Waals surface area contributed by atoms with E-state index in [4.69, 9.17) is 4.74 Å². The number of aryl methyl sites for hydroxylation is 1. The molecule has 0 radical (unpaired) electrons. The molecule has 0 aromatic heterocycles. The van der Waals surface area contributed by atoms with Crippen molar-refractivity contribution >= 4 is 5.97 Å². The second kappa shape index (κ2) is 5.08. The van der Waals surface area contributed by atoms with Gasteiger partial charge in [0.15, 0.2) is 6.61 Å². The molecule has 0 saturated carbocycles. The first kappa shape index (κ1) is 10.3. The van der Waals surface area contributed by atoms with Gasteiger partial charge in [0.25, 0.3) is 0 Å². The third kappa shape index (κ3) is 2.63. The standard InChI is InChI=1S/C12H12O2/c1-3-4-9-14-12(13)11-8-6-5-7-10(11)2/h5-8H,9H2,1-2H3. The first-order valence-electron chi connectivity index (χ1n) is 4.38. The molecule has 0 aliphatic carbocycles. The maximum absolute atomic E-state index is 11.5. The van der Waals surface area contributed by atoms with Crippen molar-refractivity contribution in [1.29, 1.82) is 0 Å². The number of rotatable bonds is 2. The van der Waals surface area contributed by atoms with Crippen LogP contribution in [0.2, 0.25) is 0 Å². The quantitative estimate of drug-likeness (QED) is 0.525. The van der Waals surface area contributed by atoms with Gasteiger partial charge in [-0.05, 0) is 25.5 Å². The Morgan fingerprint density at radius 3 is 2.79 bits per heavy atom. The molecular weight excluding hydrogens is 176 g/mol. The van der Waals surface area contributed by atoms with E-state index in [-0.39, 0.29) is 12.6 Å². The third-order valence-electron chi connectivity index (χ3n) is 1.82. The molecule has 0 spiro atoms. The second-order valence-electron chi connectivity index (χ2n) is 2.82. The predicted molar refractivity (Wildman–Crippen MR) is 54.9 cm³/mol. The fourth-order valence-corrected chi connectivity index (χ4v) is 1.05.